The summed E-state index contributed by atoms with van der Waals surface area (Å²) in [6, 6.07) is 25.0. The first-order valence-corrected chi connectivity index (χ1v) is 12.1. The molecule has 1 atom stereocenters. The lowest BCUT2D eigenvalue weighted by Gasteiger charge is -2.25. The number of aliphatic hydroxyl groups excluding tert-OH is 1. The number of amides is 1. The Kier molecular flexibility index (Phi) is 6.40. The Hall–Kier alpha value is -4.58. The number of hydrogen-bond donors (Lipinski definition) is 1. The second-order valence-corrected chi connectivity index (χ2v) is 9.16. The minimum Gasteiger partial charge on any atom is -0.507 e. The van der Waals surface area contributed by atoms with Crippen LogP contribution in [0.25, 0.3) is 5.76 Å². The first kappa shape index (κ1) is 24.1. The van der Waals surface area contributed by atoms with Crippen LogP contribution in [-0.4, -0.2) is 16.8 Å². The first-order valence-electron chi connectivity index (χ1n) is 12.1. The number of furan rings is 1. The van der Waals surface area contributed by atoms with Crippen LogP contribution in [0.4, 0.5) is 5.69 Å². The van der Waals surface area contributed by atoms with E-state index in [0.29, 0.717) is 35.1 Å². The van der Waals surface area contributed by atoms with E-state index in [1.54, 1.807) is 43.3 Å². The summed E-state index contributed by atoms with van der Waals surface area (Å²) in [5.41, 5.74) is 3.65. The third-order valence-corrected chi connectivity index (χ3v) is 6.54. The maximum absolute atomic E-state index is 13.3. The van der Waals surface area contributed by atoms with Crippen molar-refractivity contribution >= 4 is 23.1 Å². The second-order valence-electron chi connectivity index (χ2n) is 9.16. The van der Waals surface area contributed by atoms with E-state index in [0.717, 1.165) is 16.7 Å². The van der Waals surface area contributed by atoms with E-state index < -0.39 is 17.7 Å². The summed E-state index contributed by atoms with van der Waals surface area (Å²) in [7, 11) is 0. The fourth-order valence-corrected chi connectivity index (χ4v) is 4.63. The van der Waals surface area contributed by atoms with Crippen molar-refractivity contribution in [1.82, 2.24) is 0 Å². The molecule has 1 saturated heterocycles. The third-order valence-electron chi connectivity index (χ3n) is 6.54. The van der Waals surface area contributed by atoms with Gasteiger partial charge in [-0.1, -0.05) is 48.5 Å². The molecule has 1 amide bonds. The van der Waals surface area contributed by atoms with Crippen LogP contribution < -0.4 is 9.64 Å². The van der Waals surface area contributed by atoms with Crippen LogP contribution in [0, 0.1) is 20.8 Å². The Labute approximate surface area is 215 Å². The van der Waals surface area contributed by atoms with Crippen LogP contribution in [-0.2, 0) is 16.2 Å². The topological polar surface area (TPSA) is 80.0 Å². The molecule has 1 aliphatic heterocycles. The van der Waals surface area contributed by atoms with Crippen LogP contribution in [0.3, 0.4) is 0 Å². The highest BCUT2D eigenvalue weighted by Crippen LogP contribution is 2.43. The molecule has 0 bridgehead atoms. The molecule has 4 aromatic rings. The molecule has 0 radical (unpaired) electrons. The number of nitrogens with zero attached hydrogens (tertiary/aromatic N) is 1. The minimum absolute atomic E-state index is 0.0139. The van der Waals surface area contributed by atoms with E-state index in [2.05, 4.69) is 0 Å². The monoisotopic (exact) mass is 493 g/mol. The number of carbonyl (C=O) groups excluding carboxylic acids is 2. The van der Waals surface area contributed by atoms with E-state index in [9.17, 15) is 14.7 Å². The maximum atomic E-state index is 13.3. The number of aliphatic hydroxyl groups is 1. The van der Waals surface area contributed by atoms with Gasteiger partial charge in [-0.3, -0.25) is 14.5 Å². The number of rotatable bonds is 6. The van der Waals surface area contributed by atoms with Gasteiger partial charge in [-0.05, 0) is 73.9 Å². The smallest absolute Gasteiger partial charge is 0.300 e. The standard InChI is InChI=1S/C31H27NO5/c1-19-9-7-8-12-24(19)32-28(26-15-13-21(3)37-26)27(30(34)31(32)35)29(33)23-14-16-25(20(2)17-23)36-18-22-10-5-4-6-11-22/h4-17,28,33H,18H2,1-3H3/b29-27-. The first-order chi connectivity index (χ1) is 17.8. The average molecular weight is 494 g/mol. The zero-order chi connectivity index (χ0) is 26.1. The van der Waals surface area contributed by atoms with Gasteiger partial charge in [0.05, 0.1) is 5.57 Å². The zero-order valence-electron chi connectivity index (χ0n) is 20.9. The quantitative estimate of drug-likeness (QED) is 0.191. The minimum atomic E-state index is -0.899. The molecule has 1 fully saturated rings. The SMILES string of the molecule is Cc1ccc(C2/C(=C(/O)c3ccc(OCc4ccccc4)c(C)c3)C(=O)C(=O)N2c2ccccc2C)o1. The molecule has 0 aliphatic carbocycles. The Bertz CT molecular complexity index is 1520. The number of hydrogen-bond acceptors (Lipinski definition) is 5. The van der Waals surface area contributed by atoms with Gasteiger partial charge in [0.25, 0.3) is 11.7 Å². The Morgan fingerprint density at radius 3 is 2.30 bits per heavy atom. The van der Waals surface area contributed by atoms with Gasteiger partial charge in [-0.2, -0.15) is 0 Å². The predicted octanol–water partition coefficient (Wildman–Crippen LogP) is 6.41. The number of Topliss-reactive ketones (excluding diaryl/α,β-unsaturated/α-hetero) is 1. The lowest BCUT2D eigenvalue weighted by atomic mass is 9.98. The summed E-state index contributed by atoms with van der Waals surface area (Å²) < 4.78 is 11.8. The van der Waals surface area contributed by atoms with Gasteiger partial charge in [-0.15, -0.1) is 0 Å². The Morgan fingerprint density at radius 2 is 1.62 bits per heavy atom. The van der Waals surface area contributed by atoms with Crippen molar-refractivity contribution in [2.75, 3.05) is 4.90 Å². The number of benzene rings is 3. The molecule has 1 N–H and O–H groups in total. The molecule has 186 valence electrons. The molecular weight excluding hydrogens is 466 g/mol. The average Bonchev–Trinajstić information content (AvgIpc) is 3.44. The summed E-state index contributed by atoms with van der Waals surface area (Å²) in [5.74, 6) is -0.0244. The van der Waals surface area contributed by atoms with Gasteiger partial charge >= 0.3 is 0 Å². The highest BCUT2D eigenvalue weighted by atomic mass is 16.5. The van der Waals surface area contributed by atoms with Crippen LogP contribution in [0.2, 0.25) is 0 Å². The molecule has 0 spiro atoms. The van der Waals surface area contributed by atoms with E-state index in [4.69, 9.17) is 9.15 Å². The third kappa shape index (κ3) is 4.54. The van der Waals surface area contributed by atoms with Gasteiger partial charge in [0.2, 0.25) is 0 Å². The van der Waals surface area contributed by atoms with E-state index in [1.165, 1.54) is 4.90 Å². The zero-order valence-corrected chi connectivity index (χ0v) is 20.9. The number of ether oxygens (including phenoxy) is 1. The van der Waals surface area contributed by atoms with Crippen molar-refractivity contribution < 1.29 is 23.8 Å². The second kappa shape index (κ2) is 9.82. The van der Waals surface area contributed by atoms with Gasteiger partial charge < -0.3 is 14.3 Å². The predicted molar refractivity (Wildman–Crippen MR) is 141 cm³/mol. The lowest BCUT2D eigenvalue weighted by molar-refractivity contribution is -0.132. The van der Waals surface area contributed by atoms with Crippen LogP contribution in [0.15, 0.2) is 94.9 Å². The maximum Gasteiger partial charge on any atom is 0.300 e. The number of anilines is 1. The molecular formula is C31H27NO5. The van der Waals surface area contributed by atoms with E-state index >= 15 is 0 Å². The van der Waals surface area contributed by atoms with Crippen LogP contribution in [0.5, 0.6) is 5.75 Å². The number of ketones is 1. The van der Waals surface area contributed by atoms with E-state index in [1.807, 2.05) is 62.4 Å². The summed E-state index contributed by atoms with van der Waals surface area (Å²) in [5, 5.41) is 11.4. The van der Waals surface area contributed by atoms with Gasteiger partial charge in [0.15, 0.2) is 0 Å². The van der Waals surface area contributed by atoms with Crippen LogP contribution in [0.1, 0.15) is 39.8 Å². The van der Waals surface area contributed by atoms with E-state index in [-0.39, 0.29) is 11.3 Å². The molecule has 2 heterocycles. The van der Waals surface area contributed by atoms with Gasteiger partial charge in [0, 0.05) is 11.3 Å². The molecule has 0 saturated carbocycles. The van der Waals surface area contributed by atoms with Crippen molar-refractivity contribution in [3.05, 3.63) is 124 Å². The lowest BCUT2D eigenvalue weighted by Crippen LogP contribution is -2.29. The Morgan fingerprint density at radius 1 is 0.892 bits per heavy atom. The molecule has 5 rings (SSSR count). The summed E-state index contributed by atoms with van der Waals surface area (Å²) in [6.07, 6.45) is 0. The highest BCUT2D eigenvalue weighted by Gasteiger charge is 2.48. The molecule has 6 heteroatoms. The molecule has 6 nitrogen and oxygen atoms in total. The van der Waals surface area contributed by atoms with Crippen molar-refractivity contribution in [3.63, 3.8) is 0 Å². The fraction of sp³-hybridized carbons (Fsp3) is 0.161. The van der Waals surface area contributed by atoms with Gasteiger partial charge in [-0.25, -0.2) is 0 Å². The molecule has 3 aromatic carbocycles. The van der Waals surface area contributed by atoms with Crippen molar-refractivity contribution in [3.8, 4) is 5.75 Å². The van der Waals surface area contributed by atoms with Crippen molar-refractivity contribution in [2.45, 2.75) is 33.4 Å². The molecule has 37 heavy (non-hydrogen) atoms. The number of carbonyl (C=O) groups is 2. The summed E-state index contributed by atoms with van der Waals surface area (Å²) in [4.78, 5) is 28.1. The molecule has 1 unspecified atom stereocenters. The largest absolute Gasteiger partial charge is 0.507 e. The summed E-state index contributed by atoms with van der Waals surface area (Å²) >= 11 is 0. The highest BCUT2D eigenvalue weighted by molar-refractivity contribution is 6.51. The fourth-order valence-electron chi connectivity index (χ4n) is 4.63. The number of para-hydroxylation sites is 1. The van der Waals surface area contributed by atoms with Gasteiger partial charge in [0.1, 0.15) is 35.7 Å². The molecule has 1 aliphatic rings. The normalized spacial score (nSPS) is 16.8. The van der Waals surface area contributed by atoms with Crippen molar-refractivity contribution in [1.29, 1.82) is 0 Å². The molecule has 1 aromatic heterocycles. The Balaban J connectivity index is 1.55. The summed E-state index contributed by atoms with van der Waals surface area (Å²) in [6.45, 7) is 5.94. The van der Waals surface area contributed by atoms with Crippen LogP contribution >= 0.6 is 0 Å². The van der Waals surface area contributed by atoms with Crippen molar-refractivity contribution in [2.24, 2.45) is 0 Å². The number of aryl methyl sites for hydroxylation is 3.